The van der Waals surface area contributed by atoms with Crippen molar-refractivity contribution in [1.82, 2.24) is 15.1 Å². The summed E-state index contributed by atoms with van der Waals surface area (Å²) in [4.78, 5) is 34.2. The minimum Gasteiger partial charge on any atom is -0.508 e. The predicted molar refractivity (Wildman–Crippen MR) is 171 cm³/mol. The molecular formula is C34H50N4O8. The number of likely N-dealkylation sites (tertiary alicyclic amines) is 1. The number of likely N-dealkylation sites (N-methyl/N-ethyl adjacent to an activating group) is 1. The number of benzene rings is 1. The third-order valence-electron chi connectivity index (χ3n) is 10.3. The number of aromatic hydroxyl groups is 1. The van der Waals surface area contributed by atoms with Crippen molar-refractivity contribution < 1.29 is 39.6 Å². The molecule has 12 nitrogen and oxygen atoms in total. The number of oxime groups is 1. The molecule has 1 aromatic rings. The van der Waals surface area contributed by atoms with Crippen LogP contribution in [0.2, 0.25) is 0 Å². The van der Waals surface area contributed by atoms with Gasteiger partial charge in [0.2, 0.25) is 11.7 Å². The van der Waals surface area contributed by atoms with Crippen molar-refractivity contribution in [2.75, 3.05) is 47.0 Å². The zero-order valence-electron chi connectivity index (χ0n) is 27.1. The van der Waals surface area contributed by atoms with Gasteiger partial charge < -0.3 is 45.1 Å². The second-order valence-corrected chi connectivity index (χ2v) is 13.1. The largest absolute Gasteiger partial charge is 0.508 e. The van der Waals surface area contributed by atoms with Gasteiger partial charge in [0, 0.05) is 64.2 Å². The van der Waals surface area contributed by atoms with Crippen molar-refractivity contribution in [3.05, 3.63) is 35.4 Å². The lowest BCUT2D eigenvalue weighted by molar-refractivity contribution is -0.226. The van der Waals surface area contributed by atoms with Gasteiger partial charge in [-0.1, -0.05) is 24.1 Å². The lowest BCUT2D eigenvalue weighted by atomic mass is 9.55. The van der Waals surface area contributed by atoms with Crippen LogP contribution in [0.1, 0.15) is 75.7 Å². The molecule has 12 heteroatoms. The summed E-state index contributed by atoms with van der Waals surface area (Å²) in [5, 5.41) is 49.8. The number of phenols is 1. The highest BCUT2D eigenvalue weighted by molar-refractivity contribution is 6.03. The van der Waals surface area contributed by atoms with Crippen molar-refractivity contribution in [2.45, 2.75) is 82.0 Å². The minimum atomic E-state index is -1.81. The molecule has 1 aromatic carbocycles. The van der Waals surface area contributed by atoms with Crippen LogP contribution < -0.4 is 10.1 Å². The van der Waals surface area contributed by atoms with Crippen LogP contribution in [-0.4, -0.2) is 107 Å². The average molecular weight is 643 g/mol. The number of hydrogen-bond donors (Lipinski definition) is 5. The lowest BCUT2D eigenvalue weighted by Gasteiger charge is -2.58. The van der Waals surface area contributed by atoms with E-state index in [4.69, 9.17) is 9.57 Å². The maximum absolute atomic E-state index is 13.6. The number of carbonyl (C=O) groups excluding carboxylic acids is 2. The second-order valence-electron chi connectivity index (χ2n) is 13.1. The molecule has 2 heterocycles. The van der Waals surface area contributed by atoms with E-state index in [0.29, 0.717) is 50.2 Å². The Morgan fingerprint density at radius 2 is 1.93 bits per heavy atom. The number of nitrogens with one attached hydrogen (secondary N) is 1. The topological polar surface area (TPSA) is 164 Å². The van der Waals surface area contributed by atoms with E-state index >= 15 is 0 Å². The summed E-state index contributed by atoms with van der Waals surface area (Å²) in [6, 6.07) is 3.74. The number of ether oxygens (including phenoxy) is 1. The molecule has 5 rings (SSSR count). The van der Waals surface area contributed by atoms with Crippen molar-refractivity contribution in [2.24, 2.45) is 22.9 Å². The van der Waals surface area contributed by atoms with Gasteiger partial charge in [-0.05, 0) is 74.1 Å². The molecule has 1 saturated heterocycles. The Morgan fingerprint density at radius 1 is 1.17 bits per heavy atom. The third-order valence-corrected chi connectivity index (χ3v) is 10.3. The summed E-state index contributed by atoms with van der Waals surface area (Å²) in [6.45, 7) is 1.91. The van der Waals surface area contributed by atoms with Crippen LogP contribution in [0.15, 0.2) is 35.0 Å². The summed E-state index contributed by atoms with van der Waals surface area (Å²) >= 11 is 0. The van der Waals surface area contributed by atoms with Gasteiger partial charge in [0.05, 0.1) is 11.6 Å². The molecule has 0 bridgehead atoms. The Balaban J connectivity index is 1.49. The fourth-order valence-electron chi connectivity index (χ4n) is 8.14. The first-order valence-corrected chi connectivity index (χ1v) is 16.8. The Kier molecular flexibility index (Phi) is 11.1. The number of rotatable bonds is 14. The molecule has 0 aromatic heterocycles. The van der Waals surface area contributed by atoms with Crippen LogP contribution in [0, 0.1) is 17.8 Å². The van der Waals surface area contributed by atoms with E-state index in [2.05, 4.69) is 16.5 Å². The molecule has 46 heavy (non-hydrogen) atoms. The molecule has 6 atom stereocenters. The van der Waals surface area contributed by atoms with Gasteiger partial charge in [-0.15, -0.1) is 0 Å². The highest BCUT2D eigenvalue weighted by Gasteiger charge is 2.63. The van der Waals surface area contributed by atoms with Crippen molar-refractivity contribution in [3.63, 3.8) is 0 Å². The first-order chi connectivity index (χ1) is 22.2. The van der Waals surface area contributed by atoms with Crippen molar-refractivity contribution >= 4 is 17.6 Å². The quantitative estimate of drug-likeness (QED) is 0.153. The molecule has 0 spiro atoms. The number of amides is 3. The fraction of sp³-hybridized carbons (Fsp3) is 0.676. The molecule has 2 fully saturated rings. The van der Waals surface area contributed by atoms with E-state index in [-0.39, 0.29) is 55.1 Å². The molecule has 2 aliphatic carbocycles. The summed E-state index contributed by atoms with van der Waals surface area (Å²) < 4.78 is 6.51. The summed E-state index contributed by atoms with van der Waals surface area (Å²) in [5.74, 6) is -1.88. The molecule has 3 amide bonds. The zero-order valence-corrected chi connectivity index (χ0v) is 27.1. The van der Waals surface area contributed by atoms with E-state index < -0.39 is 17.7 Å². The van der Waals surface area contributed by atoms with Crippen molar-refractivity contribution in [1.29, 1.82) is 0 Å². The van der Waals surface area contributed by atoms with Crippen LogP contribution in [0.3, 0.4) is 0 Å². The number of unbranched alkanes of at least 4 members (excludes halogenated alkanes) is 2. The van der Waals surface area contributed by atoms with Gasteiger partial charge in [-0.2, -0.15) is 0 Å². The highest BCUT2D eigenvalue weighted by atomic mass is 16.6. The molecule has 0 unspecified atom stereocenters. The maximum Gasteiger partial charge on any atom is 0.317 e. The number of nitrogens with zero attached hydrogens (tertiary/aromatic N) is 3. The number of phenolic OH excluding ortho intramolecular Hbond substituents is 1. The van der Waals surface area contributed by atoms with E-state index in [1.807, 2.05) is 4.90 Å². The van der Waals surface area contributed by atoms with Gasteiger partial charge in [0.25, 0.3) is 0 Å². The molecular weight excluding hydrogens is 592 g/mol. The van der Waals surface area contributed by atoms with Crippen LogP contribution in [0.4, 0.5) is 4.79 Å². The van der Waals surface area contributed by atoms with E-state index in [9.17, 15) is 30.0 Å². The Labute approximate surface area is 271 Å². The summed E-state index contributed by atoms with van der Waals surface area (Å²) in [5.41, 5.74) is 2.24. The summed E-state index contributed by atoms with van der Waals surface area (Å²) in [6.07, 6.45) is 8.96. The smallest absolute Gasteiger partial charge is 0.317 e. The Hall–Kier alpha value is -3.35. The van der Waals surface area contributed by atoms with Gasteiger partial charge in [-0.25, -0.2) is 4.79 Å². The fourth-order valence-corrected chi connectivity index (χ4v) is 8.14. The number of urea groups is 1. The molecule has 1 saturated carbocycles. The van der Waals surface area contributed by atoms with Crippen LogP contribution in [0.5, 0.6) is 11.5 Å². The normalized spacial score (nSPS) is 29.1. The molecule has 2 aliphatic heterocycles. The number of hydrogen-bond acceptors (Lipinski definition) is 9. The van der Waals surface area contributed by atoms with Crippen molar-refractivity contribution in [3.8, 4) is 11.5 Å². The predicted octanol–water partition coefficient (Wildman–Crippen LogP) is 3.10. The maximum atomic E-state index is 13.6. The van der Waals surface area contributed by atoms with Gasteiger partial charge in [0.15, 0.2) is 0 Å². The van der Waals surface area contributed by atoms with Gasteiger partial charge >= 0.3 is 6.03 Å². The van der Waals surface area contributed by atoms with E-state index in [1.165, 1.54) is 12.0 Å². The summed E-state index contributed by atoms with van der Waals surface area (Å²) in [7, 11) is 3.12. The average Bonchev–Trinajstić information content (AvgIpc) is 3.45. The standard InChI is InChI=1S/C34H50N4O8/c1-37(33(43)35-14-8-16-38-15-7-11-30(38)42)29-21-27(36-45-2)25-19-22(9-3-5-17-39)24(10-4-6-18-40)31-26-20-23(41)12-13-28(26)46-34(29,44)32(25)31/h12-13,19-20,22,24,29,31-32,39-41,44H,3-11,14-18,21H2,1-2H3,(H,35,43)/t22-,24+,29-,31+,32+,34+/m0/s1. The first-order valence-electron chi connectivity index (χ1n) is 16.8. The van der Waals surface area contributed by atoms with Crippen LogP contribution in [0.25, 0.3) is 0 Å². The minimum absolute atomic E-state index is 0.0324. The van der Waals surface area contributed by atoms with Gasteiger partial charge in [0.1, 0.15) is 24.7 Å². The Bertz CT molecular complexity index is 1300. The Morgan fingerprint density at radius 3 is 2.63 bits per heavy atom. The SMILES string of the molecule is CON=C1C[C@H](N(C)C(=O)NCCCN2CCCC2=O)[C@@]2(O)Oc3ccc(O)cc3[C@H]3[C@H](CCCCO)[C@@H](CCCCO)C=C1[C@H]32. The molecule has 5 N–H and O–H groups in total. The lowest BCUT2D eigenvalue weighted by Crippen LogP contribution is -2.69. The molecule has 254 valence electrons. The van der Waals surface area contributed by atoms with E-state index in [1.54, 1.807) is 25.2 Å². The number of carbonyl (C=O) groups is 2. The number of aliphatic hydroxyl groups excluding tert-OH is 2. The van der Waals surface area contributed by atoms with E-state index in [0.717, 1.165) is 49.8 Å². The highest BCUT2D eigenvalue weighted by Crippen LogP contribution is 2.60. The first kappa shape index (κ1) is 34.0. The second kappa shape index (κ2) is 15.0. The number of fused-ring (bicyclic) bond motifs is 2. The van der Waals surface area contributed by atoms with Crippen LogP contribution >= 0.6 is 0 Å². The molecule has 4 aliphatic rings. The third kappa shape index (κ3) is 6.84. The monoisotopic (exact) mass is 642 g/mol. The zero-order chi connectivity index (χ0) is 32.8. The molecule has 0 radical (unpaired) electrons. The van der Waals surface area contributed by atoms with Gasteiger partial charge in [-0.3, -0.25) is 4.79 Å². The number of aliphatic hydroxyl groups is 3. The number of allylic oxidation sites excluding steroid dienone is 1. The van der Waals surface area contributed by atoms with Crippen LogP contribution in [-0.2, 0) is 9.63 Å².